The average molecular weight is 322 g/mol. The Morgan fingerprint density at radius 2 is 2.00 bits per heavy atom. The SMILES string of the molecule is Cc1cccc([C@H](C)NCc2ccc(Br)c(F)c2)c1. The Balaban J connectivity index is 2.00. The fourth-order valence-corrected chi connectivity index (χ4v) is 2.22. The Labute approximate surface area is 122 Å². The molecule has 19 heavy (non-hydrogen) atoms. The van der Waals surface area contributed by atoms with Gasteiger partial charge in [0.05, 0.1) is 4.47 Å². The summed E-state index contributed by atoms with van der Waals surface area (Å²) in [6, 6.07) is 13.9. The van der Waals surface area contributed by atoms with Crippen molar-refractivity contribution in [2.24, 2.45) is 0 Å². The molecule has 1 atom stereocenters. The first-order valence-electron chi connectivity index (χ1n) is 6.30. The zero-order chi connectivity index (χ0) is 13.8. The molecular weight excluding hydrogens is 305 g/mol. The highest BCUT2D eigenvalue weighted by Gasteiger charge is 2.06. The van der Waals surface area contributed by atoms with Crippen molar-refractivity contribution in [3.8, 4) is 0 Å². The molecule has 1 N–H and O–H groups in total. The molecule has 2 rings (SSSR count). The van der Waals surface area contributed by atoms with Crippen LogP contribution >= 0.6 is 15.9 Å². The third-order valence-electron chi connectivity index (χ3n) is 3.14. The topological polar surface area (TPSA) is 12.0 Å². The largest absolute Gasteiger partial charge is 0.306 e. The standard InChI is InChI=1S/C16H17BrFN/c1-11-4-3-5-14(8-11)12(2)19-10-13-6-7-15(17)16(18)9-13/h3-9,12,19H,10H2,1-2H3/t12-/m0/s1. The van der Waals surface area contributed by atoms with Crippen LogP contribution in [-0.2, 0) is 6.54 Å². The Morgan fingerprint density at radius 3 is 2.68 bits per heavy atom. The fraction of sp³-hybridized carbons (Fsp3) is 0.250. The maximum Gasteiger partial charge on any atom is 0.137 e. The highest BCUT2D eigenvalue weighted by atomic mass is 79.9. The molecule has 2 aromatic rings. The summed E-state index contributed by atoms with van der Waals surface area (Å²) in [5, 5.41) is 3.41. The second-order valence-corrected chi connectivity index (χ2v) is 5.62. The second kappa shape index (κ2) is 6.31. The first-order chi connectivity index (χ1) is 9.06. The molecule has 0 aliphatic carbocycles. The van der Waals surface area contributed by atoms with Crippen LogP contribution in [-0.4, -0.2) is 0 Å². The number of halogens is 2. The van der Waals surface area contributed by atoms with Crippen molar-refractivity contribution < 1.29 is 4.39 Å². The minimum Gasteiger partial charge on any atom is -0.306 e. The molecule has 0 radical (unpaired) electrons. The molecule has 1 nitrogen and oxygen atoms in total. The van der Waals surface area contributed by atoms with E-state index in [-0.39, 0.29) is 11.9 Å². The monoisotopic (exact) mass is 321 g/mol. The van der Waals surface area contributed by atoms with Crippen LogP contribution in [0.5, 0.6) is 0 Å². The summed E-state index contributed by atoms with van der Waals surface area (Å²) in [5.74, 6) is -0.220. The summed E-state index contributed by atoms with van der Waals surface area (Å²) < 4.78 is 13.9. The molecular formula is C16H17BrFN. The van der Waals surface area contributed by atoms with Gasteiger partial charge >= 0.3 is 0 Å². The van der Waals surface area contributed by atoms with Gasteiger partial charge in [0, 0.05) is 12.6 Å². The van der Waals surface area contributed by atoms with E-state index in [1.54, 1.807) is 12.1 Å². The van der Waals surface area contributed by atoms with Crippen LogP contribution < -0.4 is 5.32 Å². The van der Waals surface area contributed by atoms with E-state index in [9.17, 15) is 4.39 Å². The van der Waals surface area contributed by atoms with Gasteiger partial charge in [0.2, 0.25) is 0 Å². The van der Waals surface area contributed by atoms with E-state index in [4.69, 9.17) is 0 Å². The minimum absolute atomic E-state index is 0.220. The molecule has 0 saturated carbocycles. The molecule has 0 heterocycles. The summed E-state index contributed by atoms with van der Waals surface area (Å²) >= 11 is 3.16. The molecule has 0 aliphatic rings. The van der Waals surface area contributed by atoms with Crippen molar-refractivity contribution in [2.75, 3.05) is 0 Å². The van der Waals surface area contributed by atoms with Gasteiger partial charge in [-0.1, -0.05) is 35.9 Å². The Morgan fingerprint density at radius 1 is 1.21 bits per heavy atom. The molecule has 3 heteroatoms. The molecule has 100 valence electrons. The van der Waals surface area contributed by atoms with Crippen LogP contribution in [0.25, 0.3) is 0 Å². The summed E-state index contributed by atoms with van der Waals surface area (Å²) in [6.45, 7) is 4.85. The molecule has 0 fully saturated rings. The van der Waals surface area contributed by atoms with Crippen LogP contribution in [0.3, 0.4) is 0 Å². The average Bonchev–Trinajstić information content (AvgIpc) is 2.40. The van der Waals surface area contributed by atoms with Crippen LogP contribution in [0.4, 0.5) is 4.39 Å². The Kier molecular flexibility index (Phi) is 4.72. The molecule has 0 bridgehead atoms. The molecule has 0 aromatic heterocycles. The van der Waals surface area contributed by atoms with E-state index in [2.05, 4.69) is 59.4 Å². The Hall–Kier alpha value is -1.19. The van der Waals surface area contributed by atoms with Gasteiger partial charge in [-0.05, 0) is 53.0 Å². The van der Waals surface area contributed by atoms with E-state index in [1.165, 1.54) is 11.1 Å². The van der Waals surface area contributed by atoms with Crippen LogP contribution in [0, 0.1) is 12.7 Å². The van der Waals surface area contributed by atoms with E-state index in [0.717, 1.165) is 5.56 Å². The smallest absolute Gasteiger partial charge is 0.137 e. The molecule has 2 aromatic carbocycles. The maximum atomic E-state index is 13.4. The van der Waals surface area contributed by atoms with Crippen molar-refractivity contribution in [3.63, 3.8) is 0 Å². The van der Waals surface area contributed by atoms with Gasteiger partial charge in [-0.15, -0.1) is 0 Å². The first kappa shape index (κ1) is 14.2. The lowest BCUT2D eigenvalue weighted by molar-refractivity contribution is 0.568. The highest BCUT2D eigenvalue weighted by molar-refractivity contribution is 9.10. The van der Waals surface area contributed by atoms with Gasteiger partial charge < -0.3 is 5.32 Å². The van der Waals surface area contributed by atoms with E-state index in [1.807, 2.05) is 6.07 Å². The molecule has 0 amide bonds. The summed E-state index contributed by atoms with van der Waals surface area (Å²) in [7, 11) is 0. The fourth-order valence-electron chi connectivity index (χ4n) is 1.98. The van der Waals surface area contributed by atoms with Gasteiger partial charge in [0.25, 0.3) is 0 Å². The highest BCUT2D eigenvalue weighted by Crippen LogP contribution is 2.18. The zero-order valence-corrected chi connectivity index (χ0v) is 12.7. The number of nitrogens with one attached hydrogen (secondary N) is 1. The van der Waals surface area contributed by atoms with Gasteiger partial charge in [-0.2, -0.15) is 0 Å². The van der Waals surface area contributed by atoms with Gasteiger partial charge in [-0.3, -0.25) is 0 Å². The van der Waals surface area contributed by atoms with Crippen molar-refractivity contribution >= 4 is 15.9 Å². The van der Waals surface area contributed by atoms with E-state index >= 15 is 0 Å². The normalized spacial score (nSPS) is 12.4. The number of aryl methyl sites for hydroxylation is 1. The lowest BCUT2D eigenvalue weighted by atomic mass is 10.1. The summed E-state index contributed by atoms with van der Waals surface area (Å²) in [4.78, 5) is 0. The van der Waals surface area contributed by atoms with Crippen LogP contribution in [0.15, 0.2) is 46.9 Å². The number of rotatable bonds is 4. The summed E-state index contributed by atoms with van der Waals surface area (Å²) in [6.07, 6.45) is 0. The van der Waals surface area contributed by atoms with Crippen molar-refractivity contribution in [2.45, 2.75) is 26.4 Å². The quantitative estimate of drug-likeness (QED) is 0.857. The number of benzene rings is 2. The van der Waals surface area contributed by atoms with Crippen molar-refractivity contribution in [1.82, 2.24) is 5.32 Å². The molecule has 0 saturated heterocycles. The predicted octanol–water partition coefficient (Wildman–Crippen LogP) is 4.75. The zero-order valence-electron chi connectivity index (χ0n) is 11.1. The molecule has 0 unspecified atom stereocenters. The Bertz CT molecular complexity index is 568. The van der Waals surface area contributed by atoms with E-state index < -0.39 is 0 Å². The molecule has 0 spiro atoms. The maximum absolute atomic E-state index is 13.4. The first-order valence-corrected chi connectivity index (χ1v) is 7.09. The van der Waals surface area contributed by atoms with Crippen molar-refractivity contribution in [3.05, 3.63) is 69.4 Å². The van der Waals surface area contributed by atoms with Gasteiger partial charge in [-0.25, -0.2) is 4.39 Å². The van der Waals surface area contributed by atoms with Crippen LogP contribution in [0.2, 0.25) is 0 Å². The minimum atomic E-state index is -0.220. The lowest BCUT2D eigenvalue weighted by Crippen LogP contribution is -2.18. The molecule has 0 aliphatic heterocycles. The lowest BCUT2D eigenvalue weighted by Gasteiger charge is -2.15. The summed E-state index contributed by atoms with van der Waals surface area (Å²) in [5.41, 5.74) is 3.44. The number of hydrogen-bond acceptors (Lipinski definition) is 1. The van der Waals surface area contributed by atoms with E-state index in [0.29, 0.717) is 11.0 Å². The van der Waals surface area contributed by atoms with Crippen molar-refractivity contribution in [1.29, 1.82) is 0 Å². The van der Waals surface area contributed by atoms with Gasteiger partial charge in [0.15, 0.2) is 0 Å². The van der Waals surface area contributed by atoms with Crippen LogP contribution in [0.1, 0.15) is 29.7 Å². The second-order valence-electron chi connectivity index (χ2n) is 4.77. The number of hydrogen-bond donors (Lipinski definition) is 1. The van der Waals surface area contributed by atoms with Gasteiger partial charge in [0.1, 0.15) is 5.82 Å². The third-order valence-corrected chi connectivity index (χ3v) is 3.78. The predicted molar refractivity (Wildman–Crippen MR) is 80.5 cm³/mol. The third kappa shape index (κ3) is 3.88.